The summed E-state index contributed by atoms with van der Waals surface area (Å²) < 4.78 is 1.06. The molecule has 446 valence electrons. The minimum Gasteiger partial charge on any atom is -0.483 e. The summed E-state index contributed by atoms with van der Waals surface area (Å²) in [6.07, 6.45) is 22.8. The number of nitrogens with one attached hydrogen (secondary N) is 2. The number of carbonyl (C=O) groups is 7. The Morgan fingerprint density at radius 1 is 0.519 bits per heavy atom. The van der Waals surface area contributed by atoms with Crippen LogP contribution in [0.4, 0.5) is 0 Å². The number of aliphatic hydroxyl groups is 1. The molecular weight excluding hydrogens is 1140 g/mol. The first-order valence-corrected chi connectivity index (χ1v) is 32.2. The third kappa shape index (κ3) is 16.1. The lowest BCUT2D eigenvalue weighted by molar-refractivity contribution is -0.138. The molecule has 0 aliphatic carbocycles. The van der Waals surface area contributed by atoms with Crippen molar-refractivity contribution in [3.05, 3.63) is 67.8 Å². The van der Waals surface area contributed by atoms with Crippen LogP contribution >= 0.6 is 22.6 Å². The number of aliphatic hydroxyl groups excluding tert-OH is 1. The summed E-state index contributed by atoms with van der Waals surface area (Å²) in [5, 5.41) is 20.9. The van der Waals surface area contributed by atoms with Gasteiger partial charge in [-0.25, -0.2) is 0 Å². The van der Waals surface area contributed by atoms with E-state index in [0.29, 0.717) is 49.4 Å². The second-order valence-corrected chi connectivity index (χ2v) is 25.9. The predicted molar refractivity (Wildman–Crippen MR) is 320 cm³/mol. The van der Waals surface area contributed by atoms with Crippen molar-refractivity contribution in [3.63, 3.8) is 0 Å². The second kappa shape index (κ2) is 30.0. The van der Waals surface area contributed by atoms with E-state index in [9.17, 15) is 33.9 Å². The van der Waals surface area contributed by atoms with Gasteiger partial charge >= 0.3 is 0 Å². The van der Waals surface area contributed by atoms with Gasteiger partial charge in [-0.2, -0.15) is 0 Å². The van der Waals surface area contributed by atoms with Crippen molar-refractivity contribution >= 4 is 64.5 Å². The first-order chi connectivity index (χ1) is 39.2. The van der Waals surface area contributed by atoms with E-state index in [-0.39, 0.29) is 54.4 Å². The van der Waals surface area contributed by atoms with E-state index in [1.165, 1.54) is 141 Å². The van der Waals surface area contributed by atoms with Crippen LogP contribution in [0.5, 0.6) is 0 Å². The van der Waals surface area contributed by atoms with Gasteiger partial charge in [0.1, 0.15) is 12.1 Å². The SMILES string of the molecule is CC.CC1CCN2CCCC2C1.CC1CCN2CCCC2C1.O=C1CCC(N2Cc3cc(C4CCN5CCCC5C4)ccc3C2=O)C(=O)N1.O=C1CCC(N2Cc3cc(I)ccc3C2=O)C(=O)N1.O=CO.OC1CCN2CCCC2C1. The quantitative estimate of drug-likeness (QED) is 0.131. The molecule has 81 heavy (non-hydrogen) atoms. The molecule has 0 spiro atoms. The molecule has 0 saturated carbocycles. The Bertz CT molecular complexity index is 2440. The highest BCUT2D eigenvalue weighted by molar-refractivity contribution is 14.1. The first kappa shape index (κ1) is 62.7. The van der Waals surface area contributed by atoms with E-state index in [4.69, 9.17) is 9.90 Å². The summed E-state index contributed by atoms with van der Waals surface area (Å²) in [7, 11) is 0. The van der Waals surface area contributed by atoms with Crippen molar-refractivity contribution < 1.29 is 43.8 Å². The van der Waals surface area contributed by atoms with Crippen LogP contribution in [0.1, 0.15) is 199 Å². The molecule has 14 rings (SSSR count). The van der Waals surface area contributed by atoms with Gasteiger partial charge in [-0.1, -0.05) is 39.8 Å². The standard InChI is InChI=1S/C21H25N3O3.C13H11IN2O3.2C9H17N.C8H15NO.C2H6.CH2O2/c25-19-6-5-18(20(26)22-19)24-12-15-10-13(3-4-17(15)21(24)27)14-7-9-23-8-1-2-16(23)11-14;14-8-1-2-9-7(5-8)6-16(13(9)19)10-3-4-11(17)15-12(10)18;2*1-8-4-6-10-5-2-3-9(10)7-8;10-8-3-5-9-4-1-2-7(9)6-8;1-2;2-1-3/h3-4,10,14,16,18H,1-2,5-9,11-12H2,(H,22,25,26);1-2,5,10H,3-4,6H2,(H,15,17,18);2*8-9H,2-7H2,1H3;7-8,10H,1-6H2;1-2H3;1H,(H,2,3). The summed E-state index contributed by atoms with van der Waals surface area (Å²) in [5.74, 6) is 1.12. The molecule has 0 radical (unpaired) electrons. The Hall–Kier alpha value is -4.34. The van der Waals surface area contributed by atoms with Crippen molar-refractivity contribution in [2.45, 2.75) is 217 Å². The number of fused-ring (bicyclic) bond motifs is 6. The zero-order valence-electron chi connectivity index (χ0n) is 48.8. The molecule has 6 amide bonds. The number of carbonyl (C=O) groups excluding carboxylic acids is 6. The van der Waals surface area contributed by atoms with Gasteiger partial charge in [0.05, 0.1) is 6.10 Å². The minimum atomic E-state index is -0.534. The maximum absolute atomic E-state index is 12.8. The maximum Gasteiger partial charge on any atom is 0.290 e. The molecule has 12 aliphatic rings. The largest absolute Gasteiger partial charge is 0.483 e. The first-order valence-electron chi connectivity index (χ1n) is 31.1. The molecule has 2 aromatic rings. The zero-order chi connectivity index (χ0) is 57.7. The van der Waals surface area contributed by atoms with Crippen LogP contribution in [0.3, 0.4) is 0 Å². The Morgan fingerprint density at radius 2 is 0.926 bits per heavy atom. The van der Waals surface area contributed by atoms with Crippen LogP contribution < -0.4 is 10.6 Å². The van der Waals surface area contributed by atoms with E-state index in [0.717, 1.165) is 70.1 Å². The fourth-order valence-electron chi connectivity index (χ4n) is 15.0. The van der Waals surface area contributed by atoms with E-state index >= 15 is 0 Å². The Kier molecular flexibility index (Phi) is 23.2. The highest BCUT2D eigenvalue weighted by Gasteiger charge is 2.42. The number of hydrogen-bond acceptors (Lipinski definition) is 12. The van der Waals surface area contributed by atoms with Crippen LogP contribution in [0.2, 0.25) is 0 Å². The lowest BCUT2D eigenvalue weighted by Gasteiger charge is -2.35. The molecule has 12 aliphatic heterocycles. The molecule has 18 heteroatoms. The number of hydrogen-bond donors (Lipinski definition) is 4. The second-order valence-electron chi connectivity index (χ2n) is 24.6. The fraction of sp³-hybridized carbons (Fsp3) is 0.698. The fourth-order valence-corrected chi connectivity index (χ4v) is 15.5. The van der Waals surface area contributed by atoms with Gasteiger partial charge in [0.25, 0.3) is 18.3 Å². The average molecular weight is 1230 g/mol. The van der Waals surface area contributed by atoms with Crippen molar-refractivity contribution in [2.24, 2.45) is 11.8 Å². The topological polar surface area (TPSA) is 203 Å². The van der Waals surface area contributed by atoms with Crippen molar-refractivity contribution in [2.75, 3.05) is 52.4 Å². The normalized spacial score (nSPS) is 31.3. The van der Waals surface area contributed by atoms with Crippen LogP contribution in [-0.2, 0) is 37.1 Å². The molecule has 10 fully saturated rings. The Balaban J connectivity index is 0.000000138. The van der Waals surface area contributed by atoms with E-state index < -0.39 is 12.1 Å². The molecule has 10 saturated heterocycles. The lowest BCUT2D eigenvalue weighted by atomic mass is 9.84. The van der Waals surface area contributed by atoms with Crippen molar-refractivity contribution in [1.29, 1.82) is 0 Å². The maximum atomic E-state index is 12.8. The van der Waals surface area contributed by atoms with E-state index in [2.05, 4.69) is 78.8 Å². The highest BCUT2D eigenvalue weighted by Crippen LogP contribution is 2.39. The van der Waals surface area contributed by atoms with Crippen LogP contribution in [0, 0.1) is 15.4 Å². The van der Waals surface area contributed by atoms with Crippen molar-refractivity contribution in [3.8, 4) is 0 Å². The molecule has 10 atom stereocenters. The number of rotatable bonds is 3. The third-order valence-corrected chi connectivity index (χ3v) is 20.0. The van der Waals surface area contributed by atoms with Gasteiger partial charge in [-0.05, 0) is 243 Å². The Morgan fingerprint density at radius 3 is 1.40 bits per heavy atom. The third-order valence-electron chi connectivity index (χ3n) is 19.3. The molecule has 0 aromatic heterocycles. The smallest absolute Gasteiger partial charge is 0.290 e. The number of nitrogens with zero attached hydrogens (tertiary/aromatic N) is 6. The van der Waals surface area contributed by atoms with Crippen LogP contribution in [0.25, 0.3) is 0 Å². The molecule has 17 nitrogen and oxygen atoms in total. The summed E-state index contributed by atoms with van der Waals surface area (Å²) >= 11 is 2.19. The summed E-state index contributed by atoms with van der Waals surface area (Å²) in [5.41, 5.74) is 4.67. The summed E-state index contributed by atoms with van der Waals surface area (Å²) in [4.78, 5) is 93.7. The summed E-state index contributed by atoms with van der Waals surface area (Å²) in [6, 6.07) is 14.2. The summed E-state index contributed by atoms with van der Waals surface area (Å²) in [6.45, 7) is 19.8. The van der Waals surface area contributed by atoms with E-state index in [1.54, 1.807) is 15.9 Å². The number of imide groups is 2. The van der Waals surface area contributed by atoms with Gasteiger partial charge < -0.3 is 39.6 Å². The van der Waals surface area contributed by atoms with Gasteiger partial charge in [0.2, 0.25) is 23.6 Å². The van der Waals surface area contributed by atoms with Gasteiger partial charge in [-0.15, -0.1) is 0 Å². The number of halogens is 1. The molecule has 4 N–H and O–H groups in total. The van der Waals surface area contributed by atoms with E-state index in [1.807, 2.05) is 32.0 Å². The molecule has 2 aromatic carbocycles. The van der Waals surface area contributed by atoms with Crippen LogP contribution in [0.15, 0.2) is 36.4 Å². The monoisotopic (exact) mass is 1230 g/mol. The molecule has 12 heterocycles. The van der Waals surface area contributed by atoms with Gasteiger partial charge in [-0.3, -0.25) is 44.2 Å². The predicted octanol–water partition coefficient (Wildman–Crippen LogP) is 7.94. The van der Waals surface area contributed by atoms with Crippen LogP contribution in [-0.4, -0.2) is 176 Å². The number of benzene rings is 2. The minimum absolute atomic E-state index is 0.000602. The molecule has 0 bridgehead atoms. The van der Waals surface area contributed by atoms with Gasteiger partial charge in [0, 0.05) is 71.3 Å². The Labute approximate surface area is 495 Å². The molecule has 10 unspecified atom stereocenters. The lowest BCUT2D eigenvalue weighted by Crippen LogP contribution is -2.52. The number of amides is 6. The highest BCUT2D eigenvalue weighted by atomic mass is 127. The van der Waals surface area contributed by atoms with Crippen molar-refractivity contribution in [1.82, 2.24) is 40.0 Å². The number of piperidine rings is 6. The zero-order valence-corrected chi connectivity index (χ0v) is 51.0. The average Bonchev–Trinajstić information content (AvgIpc) is 4.45. The number of carboxylic acid groups (broad SMARTS) is 1. The molecular formula is C63H93IN8O9. The van der Waals surface area contributed by atoms with Gasteiger partial charge in [0.15, 0.2) is 0 Å².